The number of ketones is 1. The number of hydrogen-bond donors (Lipinski definition) is 1. The van der Waals surface area contributed by atoms with Gasteiger partial charge in [0.15, 0.2) is 5.78 Å². The maximum Gasteiger partial charge on any atom is 0.180 e. The van der Waals surface area contributed by atoms with Crippen LogP contribution in [0.5, 0.6) is 0 Å². The van der Waals surface area contributed by atoms with Crippen LogP contribution in [0.15, 0.2) is 6.07 Å². The minimum atomic E-state index is -0.272. The Bertz CT molecular complexity index is 430. The highest BCUT2D eigenvalue weighted by molar-refractivity contribution is 7.18. The van der Waals surface area contributed by atoms with Gasteiger partial charge in [-0.2, -0.15) is 0 Å². The molecule has 0 radical (unpaired) electrons. The maximum atomic E-state index is 12.7. The summed E-state index contributed by atoms with van der Waals surface area (Å²) in [4.78, 5) is 13.4. The van der Waals surface area contributed by atoms with Crippen LogP contribution in [0.3, 0.4) is 0 Å². The fourth-order valence-corrected chi connectivity index (χ4v) is 4.13. The molecule has 0 saturated carbocycles. The third-order valence-corrected chi connectivity index (χ3v) is 5.26. The molecule has 1 aromatic heterocycles. The topological polar surface area (TPSA) is 29.1 Å². The SMILES string of the molecule is CC(C)CC1(C(=O)c2cc(Cl)c(Cl)s2)CCNC1. The number of Topliss-reactive ketones (excluding diaryl/α,β-unsaturated/α-hetero) is 1. The minimum absolute atomic E-state index is 0.194. The van der Waals surface area contributed by atoms with Crippen molar-refractivity contribution in [3.8, 4) is 0 Å². The molecule has 1 unspecified atom stereocenters. The van der Waals surface area contributed by atoms with E-state index in [9.17, 15) is 4.79 Å². The molecule has 0 aliphatic carbocycles. The Morgan fingerprint density at radius 1 is 1.56 bits per heavy atom. The van der Waals surface area contributed by atoms with Gasteiger partial charge in [-0.1, -0.05) is 37.0 Å². The highest BCUT2D eigenvalue weighted by Crippen LogP contribution is 2.40. The Hall–Kier alpha value is -0.0900. The van der Waals surface area contributed by atoms with Gasteiger partial charge in [0, 0.05) is 12.0 Å². The van der Waals surface area contributed by atoms with E-state index in [0.29, 0.717) is 20.2 Å². The molecule has 1 atom stereocenters. The second-order valence-corrected chi connectivity index (χ2v) is 7.43. The standard InChI is InChI=1S/C13H17Cl2NOS/c1-8(2)6-13(3-4-16-7-13)11(17)10-5-9(14)12(15)18-10/h5,8,16H,3-4,6-7H2,1-2H3. The van der Waals surface area contributed by atoms with Crippen LogP contribution in [0, 0.1) is 11.3 Å². The zero-order chi connectivity index (χ0) is 13.3. The molecule has 1 saturated heterocycles. The molecule has 1 fully saturated rings. The van der Waals surface area contributed by atoms with E-state index in [1.54, 1.807) is 6.07 Å². The smallest absolute Gasteiger partial charge is 0.180 e. The Kier molecular flexibility index (Phi) is 4.37. The van der Waals surface area contributed by atoms with Crippen LogP contribution >= 0.6 is 34.5 Å². The summed E-state index contributed by atoms with van der Waals surface area (Å²) in [7, 11) is 0. The van der Waals surface area contributed by atoms with Crippen molar-refractivity contribution in [2.45, 2.75) is 26.7 Å². The van der Waals surface area contributed by atoms with Crippen molar-refractivity contribution < 1.29 is 4.79 Å². The van der Waals surface area contributed by atoms with Crippen molar-refractivity contribution in [3.63, 3.8) is 0 Å². The minimum Gasteiger partial charge on any atom is -0.316 e. The number of halogens is 2. The normalized spacial score (nSPS) is 23.8. The molecule has 1 aliphatic rings. The molecule has 2 nitrogen and oxygen atoms in total. The van der Waals surface area contributed by atoms with Gasteiger partial charge in [-0.25, -0.2) is 0 Å². The molecule has 0 aromatic carbocycles. The van der Waals surface area contributed by atoms with Crippen LogP contribution < -0.4 is 5.32 Å². The van der Waals surface area contributed by atoms with E-state index in [4.69, 9.17) is 23.2 Å². The molecule has 0 bridgehead atoms. The number of rotatable bonds is 4. The molecule has 1 aliphatic heterocycles. The largest absolute Gasteiger partial charge is 0.316 e. The van der Waals surface area contributed by atoms with Crippen LogP contribution in [0.1, 0.15) is 36.4 Å². The number of hydrogen-bond acceptors (Lipinski definition) is 3. The summed E-state index contributed by atoms with van der Waals surface area (Å²) in [5.74, 6) is 0.694. The van der Waals surface area contributed by atoms with Crippen LogP contribution in [0.4, 0.5) is 0 Å². The van der Waals surface area contributed by atoms with E-state index >= 15 is 0 Å². The van der Waals surface area contributed by atoms with Crippen LogP contribution in [-0.4, -0.2) is 18.9 Å². The summed E-state index contributed by atoms with van der Waals surface area (Å²) in [6.07, 6.45) is 1.81. The molecule has 100 valence electrons. The van der Waals surface area contributed by atoms with E-state index in [1.807, 2.05) is 0 Å². The fraction of sp³-hybridized carbons (Fsp3) is 0.615. The molecular formula is C13H17Cl2NOS. The monoisotopic (exact) mass is 305 g/mol. The van der Waals surface area contributed by atoms with Gasteiger partial charge in [-0.3, -0.25) is 4.79 Å². The van der Waals surface area contributed by atoms with Crippen molar-refractivity contribution in [1.29, 1.82) is 0 Å². The van der Waals surface area contributed by atoms with Crippen molar-refractivity contribution in [2.75, 3.05) is 13.1 Å². The van der Waals surface area contributed by atoms with Gasteiger partial charge in [-0.15, -0.1) is 11.3 Å². The lowest BCUT2D eigenvalue weighted by atomic mass is 9.75. The maximum absolute atomic E-state index is 12.7. The Balaban J connectivity index is 2.28. The van der Waals surface area contributed by atoms with Crippen LogP contribution in [0.2, 0.25) is 9.36 Å². The average Bonchev–Trinajstić information content (AvgIpc) is 2.86. The van der Waals surface area contributed by atoms with E-state index in [1.165, 1.54) is 11.3 Å². The highest BCUT2D eigenvalue weighted by Gasteiger charge is 2.42. The zero-order valence-corrected chi connectivity index (χ0v) is 12.9. The first kappa shape index (κ1) is 14.3. The van der Waals surface area contributed by atoms with Gasteiger partial charge in [0.1, 0.15) is 4.34 Å². The predicted octanol–water partition coefficient (Wildman–Crippen LogP) is 4.26. The predicted molar refractivity (Wildman–Crippen MR) is 78.0 cm³/mol. The summed E-state index contributed by atoms with van der Waals surface area (Å²) in [6.45, 7) is 5.98. The summed E-state index contributed by atoms with van der Waals surface area (Å²) in [5.41, 5.74) is -0.272. The molecular weight excluding hydrogens is 289 g/mol. The van der Waals surface area contributed by atoms with Crippen molar-refractivity contribution in [1.82, 2.24) is 5.32 Å². The second-order valence-electron chi connectivity index (χ2n) is 5.37. The number of thiophene rings is 1. The highest BCUT2D eigenvalue weighted by atomic mass is 35.5. The lowest BCUT2D eigenvalue weighted by Crippen LogP contribution is -2.34. The first-order chi connectivity index (χ1) is 8.44. The summed E-state index contributed by atoms with van der Waals surface area (Å²) >= 11 is 13.2. The fourth-order valence-electron chi connectivity index (χ4n) is 2.71. The van der Waals surface area contributed by atoms with Gasteiger partial charge in [0.2, 0.25) is 0 Å². The number of nitrogens with one attached hydrogen (secondary N) is 1. The van der Waals surface area contributed by atoms with E-state index in [2.05, 4.69) is 19.2 Å². The molecule has 0 amide bonds. The molecule has 18 heavy (non-hydrogen) atoms. The third-order valence-electron chi connectivity index (χ3n) is 3.39. The molecule has 2 heterocycles. The van der Waals surface area contributed by atoms with Crippen molar-refractivity contribution in [3.05, 3.63) is 20.3 Å². The summed E-state index contributed by atoms with van der Waals surface area (Å²) < 4.78 is 0.505. The average molecular weight is 306 g/mol. The lowest BCUT2D eigenvalue weighted by molar-refractivity contribution is 0.0787. The first-order valence-electron chi connectivity index (χ1n) is 6.15. The van der Waals surface area contributed by atoms with Gasteiger partial charge in [0.25, 0.3) is 0 Å². The number of carbonyl (C=O) groups is 1. The van der Waals surface area contributed by atoms with Gasteiger partial charge < -0.3 is 5.32 Å². The Morgan fingerprint density at radius 3 is 2.72 bits per heavy atom. The Morgan fingerprint density at radius 2 is 2.28 bits per heavy atom. The van der Waals surface area contributed by atoms with Gasteiger partial charge in [0.05, 0.1) is 9.90 Å². The summed E-state index contributed by atoms with van der Waals surface area (Å²) in [6, 6.07) is 1.71. The molecule has 5 heteroatoms. The van der Waals surface area contributed by atoms with Crippen molar-refractivity contribution >= 4 is 40.3 Å². The van der Waals surface area contributed by atoms with Gasteiger partial charge in [-0.05, 0) is 31.4 Å². The zero-order valence-electron chi connectivity index (χ0n) is 10.6. The molecule has 0 spiro atoms. The summed E-state index contributed by atoms with van der Waals surface area (Å²) in [5, 5.41) is 3.79. The lowest BCUT2D eigenvalue weighted by Gasteiger charge is -2.27. The Labute approximate surface area is 122 Å². The van der Waals surface area contributed by atoms with Gasteiger partial charge >= 0.3 is 0 Å². The molecule has 1 aromatic rings. The molecule has 2 rings (SSSR count). The van der Waals surface area contributed by atoms with E-state index in [0.717, 1.165) is 25.9 Å². The van der Waals surface area contributed by atoms with Crippen molar-refractivity contribution in [2.24, 2.45) is 11.3 Å². The van der Waals surface area contributed by atoms with E-state index in [-0.39, 0.29) is 11.2 Å². The molecule has 1 N–H and O–H groups in total. The van der Waals surface area contributed by atoms with Crippen LogP contribution in [0.25, 0.3) is 0 Å². The number of carbonyl (C=O) groups excluding carboxylic acids is 1. The third kappa shape index (κ3) is 2.74. The van der Waals surface area contributed by atoms with E-state index < -0.39 is 0 Å². The quantitative estimate of drug-likeness (QED) is 0.842. The van der Waals surface area contributed by atoms with Crippen LogP contribution in [-0.2, 0) is 0 Å². The second kappa shape index (κ2) is 5.49. The first-order valence-corrected chi connectivity index (χ1v) is 7.72.